The Morgan fingerprint density at radius 1 is 1.10 bits per heavy atom. The molecule has 0 bridgehead atoms. The van der Waals surface area contributed by atoms with Gasteiger partial charge in [0.05, 0.1) is 0 Å². The number of imidazole rings is 1. The molecule has 0 atom stereocenters. The maximum absolute atomic E-state index is 12.8. The van der Waals surface area contributed by atoms with E-state index in [4.69, 9.17) is 0 Å². The van der Waals surface area contributed by atoms with Crippen molar-refractivity contribution in [2.75, 3.05) is 6.54 Å². The largest absolute Gasteiger partial charge is 0.507 e. The fraction of sp³-hybridized carbons (Fsp3) is 0.565. The highest BCUT2D eigenvalue weighted by Gasteiger charge is 2.26. The number of alkyl halides is 2. The Balaban J connectivity index is 2.02. The van der Waals surface area contributed by atoms with Crippen molar-refractivity contribution in [2.24, 2.45) is 0 Å². The lowest BCUT2D eigenvalue weighted by Crippen LogP contribution is -2.27. The Bertz CT molecular complexity index is 842. The number of amides is 1. The first-order valence-electron chi connectivity index (χ1n) is 10.2. The van der Waals surface area contributed by atoms with Crippen LogP contribution in [0.2, 0.25) is 0 Å². The predicted molar refractivity (Wildman–Crippen MR) is 114 cm³/mol. The molecule has 0 radical (unpaired) electrons. The number of phenolic OH excluding ortho intramolecular Hbond substituents is 1. The first-order chi connectivity index (χ1) is 13.8. The number of carbonyl (C=O) groups excluding carboxylic acids is 1. The lowest BCUT2D eigenvalue weighted by molar-refractivity contribution is -0.121. The van der Waals surface area contributed by atoms with Crippen LogP contribution in [0, 0.1) is 0 Å². The van der Waals surface area contributed by atoms with Gasteiger partial charge in [-0.05, 0) is 33.9 Å². The molecule has 0 aliphatic rings. The maximum Gasteiger partial charge on any atom is 0.319 e. The molecule has 30 heavy (non-hydrogen) atoms. The molecule has 0 saturated carbocycles. The summed E-state index contributed by atoms with van der Waals surface area (Å²) in [6.45, 7) is 9.91. The van der Waals surface area contributed by atoms with Crippen LogP contribution < -0.4 is 5.32 Å². The summed E-state index contributed by atoms with van der Waals surface area (Å²) in [5, 5.41) is 13.6. The third-order valence-electron chi connectivity index (χ3n) is 5.06. The number of nitrogens with zero attached hydrogens (tertiary/aromatic N) is 2. The predicted octanol–water partition coefficient (Wildman–Crippen LogP) is 4.87. The zero-order valence-corrected chi connectivity index (χ0v) is 18.7. The molecule has 2 rings (SSSR count). The van der Waals surface area contributed by atoms with E-state index in [1.54, 1.807) is 0 Å². The summed E-state index contributed by atoms with van der Waals surface area (Å²) in [6, 6.07) is 3.94. The average molecular weight is 422 g/mol. The van der Waals surface area contributed by atoms with Gasteiger partial charge in [0.1, 0.15) is 11.6 Å². The Labute approximate surface area is 177 Å². The monoisotopic (exact) mass is 421 g/mol. The SMILES string of the molecule is CC(C)(C)c1cc(CCC(=O)NCCc2nccn2C(F)F)cc(C(C)(C)C)c1O. The van der Waals surface area contributed by atoms with Crippen LogP contribution in [0.4, 0.5) is 8.78 Å². The van der Waals surface area contributed by atoms with Gasteiger partial charge in [0.25, 0.3) is 0 Å². The van der Waals surface area contributed by atoms with Crippen molar-refractivity contribution in [3.8, 4) is 5.75 Å². The summed E-state index contributed by atoms with van der Waals surface area (Å²) in [6.07, 6.45) is 3.61. The number of benzene rings is 1. The number of nitrogens with one attached hydrogen (secondary N) is 1. The minimum absolute atomic E-state index is 0.146. The number of hydrogen-bond acceptors (Lipinski definition) is 3. The first kappa shape index (κ1) is 23.8. The molecule has 2 aromatic rings. The van der Waals surface area contributed by atoms with Crippen molar-refractivity contribution >= 4 is 5.91 Å². The van der Waals surface area contributed by atoms with E-state index >= 15 is 0 Å². The fourth-order valence-corrected chi connectivity index (χ4v) is 3.36. The minimum atomic E-state index is -2.64. The average Bonchev–Trinajstić information content (AvgIpc) is 3.07. The normalized spacial score (nSPS) is 12.4. The lowest BCUT2D eigenvalue weighted by atomic mass is 9.78. The Hall–Kier alpha value is -2.44. The molecular formula is C23H33F2N3O2. The molecule has 0 fully saturated rings. The van der Waals surface area contributed by atoms with E-state index in [0.717, 1.165) is 21.3 Å². The molecular weight excluding hydrogens is 388 g/mol. The second-order valence-electron chi connectivity index (χ2n) is 9.67. The molecule has 0 aliphatic carbocycles. The topological polar surface area (TPSA) is 67.2 Å². The van der Waals surface area contributed by atoms with Gasteiger partial charge in [0.2, 0.25) is 5.91 Å². The quantitative estimate of drug-likeness (QED) is 0.670. The molecule has 1 heterocycles. The van der Waals surface area contributed by atoms with Crippen molar-refractivity contribution < 1.29 is 18.7 Å². The van der Waals surface area contributed by atoms with E-state index in [1.807, 2.05) is 53.7 Å². The van der Waals surface area contributed by atoms with E-state index in [9.17, 15) is 18.7 Å². The number of phenols is 1. The number of hydrogen-bond donors (Lipinski definition) is 2. The van der Waals surface area contributed by atoms with Gasteiger partial charge < -0.3 is 10.4 Å². The molecule has 166 valence electrons. The third-order valence-corrected chi connectivity index (χ3v) is 5.06. The molecule has 5 nitrogen and oxygen atoms in total. The number of carbonyl (C=O) groups is 1. The summed E-state index contributed by atoms with van der Waals surface area (Å²) < 4.78 is 26.5. The van der Waals surface area contributed by atoms with Gasteiger partial charge in [-0.3, -0.25) is 9.36 Å². The first-order valence-corrected chi connectivity index (χ1v) is 10.2. The molecule has 0 unspecified atom stereocenters. The highest BCUT2D eigenvalue weighted by molar-refractivity contribution is 5.76. The van der Waals surface area contributed by atoms with Crippen LogP contribution in [0.1, 0.15) is 77.0 Å². The number of aromatic hydroxyl groups is 1. The maximum atomic E-state index is 12.8. The Morgan fingerprint density at radius 2 is 1.67 bits per heavy atom. The number of rotatable bonds is 7. The molecule has 1 aromatic carbocycles. The zero-order valence-electron chi connectivity index (χ0n) is 18.7. The molecule has 0 spiro atoms. The summed E-state index contributed by atoms with van der Waals surface area (Å²) in [4.78, 5) is 16.2. The summed E-state index contributed by atoms with van der Waals surface area (Å²) >= 11 is 0. The van der Waals surface area contributed by atoms with Crippen LogP contribution in [-0.2, 0) is 28.5 Å². The smallest absolute Gasteiger partial charge is 0.319 e. The third kappa shape index (κ3) is 6.03. The highest BCUT2D eigenvalue weighted by atomic mass is 19.3. The van der Waals surface area contributed by atoms with Crippen molar-refractivity contribution in [2.45, 2.75) is 78.2 Å². The minimum Gasteiger partial charge on any atom is -0.507 e. The van der Waals surface area contributed by atoms with Gasteiger partial charge >= 0.3 is 6.55 Å². The van der Waals surface area contributed by atoms with Gasteiger partial charge in [0, 0.05) is 31.8 Å². The summed E-state index contributed by atoms with van der Waals surface area (Å²) in [7, 11) is 0. The molecule has 0 saturated heterocycles. The molecule has 0 aliphatic heterocycles. The molecule has 1 amide bonds. The Kier molecular flexibility index (Phi) is 7.27. The molecule has 7 heteroatoms. The van der Waals surface area contributed by atoms with E-state index in [1.165, 1.54) is 12.4 Å². The van der Waals surface area contributed by atoms with Crippen molar-refractivity contribution in [3.63, 3.8) is 0 Å². The van der Waals surface area contributed by atoms with Crippen LogP contribution in [0.5, 0.6) is 5.75 Å². The number of aryl methyl sites for hydroxylation is 1. The number of aromatic nitrogens is 2. The van der Waals surface area contributed by atoms with E-state index < -0.39 is 6.55 Å². The van der Waals surface area contributed by atoms with Gasteiger partial charge in [-0.2, -0.15) is 8.78 Å². The van der Waals surface area contributed by atoms with Crippen LogP contribution in [0.25, 0.3) is 0 Å². The molecule has 2 N–H and O–H groups in total. The Morgan fingerprint density at radius 3 is 2.17 bits per heavy atom. The van der Waals surface area contributed by atoms with Gasteiger partial charge in [-0.1, -0.05) is 53.7 Å². The van der Waals surface area contributed by atoms with Crippen molar-refractivity contribution in [1.29, 1.82) is 0 Å². The van der Waals surface area contributed by atoms with E-state index in [0.29, 0.717) is 12.2 Å². The molecule has 1 aromatic heterocycles. The van der Waals surface area contributed by atoms with Crippen LogP contribution in [0.3, 0.4) is 0 Å². The highest BCUT2D eigenvalue weighted by Crippen LogP contribution is 2.39. The van der Waals surface area contributed by atoms with Gasteiger partial charge in [0.15, 0.2) is 0 Å². The van der Waals surface area contributed by atoms with Gasteiger partial charge in [-0.25, -0.2) is 4.98 Å². The number of halogens is 2. The van der Waals surface area contributed by atoms with Crippen molar-refractivity contribution in [3.05, 3.63) is 47.0 Å². The standard InChI is InChI=1S/C23H33F2N3O2/c1-22(2,3)16-13-15(14-17(20(16)30)23(4,5)6)7-8-19(29)27-10-9-18-26-11-12-28(18)21(24)25/h11-14,21,30H,7-10H2,1-6H3,(H,27,29). The second-order valence-corrected chi connectivity index (χ2v) is 9.67. The van der Waals surface area contributed by atoms with Crippen LogP contribution >= 0.6 is 0 Å². The second kappa shape index (κ2) is 9.14. The summed E-state index contributed by atoms with van der Waals surface area (Å²) in [5.74, 6) is 0.416. The van der Waals surface area contributed by atoms with Crippen molar-refractivity contribution in [1.82, 2.24) is 14.9 Å². The fourth-order valence-electron chi connectivity index (χ4n) is 3.36. The summed E-state index contributed by atoms with van der Waals surface area (Å²) in [5.41, 5.74) is 2.27. The van der Waals surface area contributed by atoms with E-state index in [-0.39, 0.29) is 41.9 Å². The zero-order chi connectivity index (χ0) is 22.7. The lowest BCUT2D eigenvalue weighted by Gasteiger charge is -2.28. The van der Waals surface area contributed by atoms with Crippen LogP contribution in [0.15, 0.2) is 24.5 Å². The van der Waals surface area contributed by atoms with Gasteiger partial charge in [-0.15, -0.1) is 0 Å². The van der Waals surface area contributed by atoms with Crippen LogP contribution in [-0.4, -0.2) is 27.1 Å². The van der Waals surface area contributed by atoms with E-state index in [2.05, 4.69) is 10.3 Å².